The molecule has 7 atom stereocenters. The maximum absolute atomic E-state index is 12.0. The van der Waals surface area contributed by atoms with Crippen molar-refractivity contribution in [3.8, 4) is 0 Å². The van der Waals surface area contributed by atoms with Crippen LogP contribution in [0.3, 0.4) is 0 Å². The van der Waals surface area contributed by atoms with E-state index in [1.165, 1.54) is 18.4 Å². The van der Waals surface area contributed by atoms with Crippen LogP contribution in [0.2, 0.25) is 0 Å². The summed E-state index contributed by atoms with van der Waals surface area (Å²) >= 11 is 0. The van der Waals surface area contributed by atoms with Gasteiger partial charge in [-0.3, -0.25) is 4.79 Å². The van der Waals surface area contributed by atoms with Gasteiger partial charge in [-0.05, 0) is 80.1 Å². The molecule has 0 bridgehead atoms. The van der Waals surface area contributed by atoms with Gasteiger partial charge in [0.2, 0.25) is 0 Å². The van der Waals surface area contributed by atoms with E-state index < -0.39 is 5.60 Å². The van der Waals surface area contributed by atoms with Gasteiger partial charge in [-0.1, -0.05) is 26.3 Å². The second-order valence-electron chi connectivity index (χ2n) is 9.99. The first kappa shape index (κ1) is 17.7. The van der Waals surface area contributed by atoms with Crippen molar-refractivity contribution in [3.05, 3.63) is 11.6 Å². The van der Waals surface area contributed by atoms with E-state index in [-0.39, 0.29) is 23.2 Å². The molecule has 0 radical (unpaired) electrons. The van der Waals surface area contributed by atoms with E-state index in [2.05, 4.69) is 20.8 Å². The smallest absolute Gasteiger partial charge is 0.155 e. The Morgan fingerprint density at radius 3 is 2.60 bits per heavy atom. The fraction of sp³-hybridized carbons (Fsp3) is 0.864. The summed E-state index contributed by atoms with van der Waals surface area (Å²) < 4.78 is 0. The van der Waals surface area contributed by atoms with Gasteiger partial charge in [-0.2, -0.15) is 0 Å². The molecule has 4 aliphatic rings. The molecule has 4 aliphatic carbocycles. The molecule has 0 aromatic carbocycles. The van der Waals surface area contributed by atoms with Gasteiger partial charge >= 0.3 is 0 Å². The van der Waals surface area contributed by atoms with E-state index in [0.29, 0.717) is 30.1 Å². The van der Waals surface area contributed by atoms with Gasteiger partial charge in [0.05, 0.1) is 5.60 Å². The number of aliphatic hydroxyl groups is 2. The van der Waals surface area contributed by atoms with Crippen molar-refractivity contribution >= 4 is 5.78 Å². The number of carbonyl (C=O) groups excluding carboxylic acids is 1. The predicted octanol–water partition coefficient (Wildman–Crippen LogP) is 3.88. The third kappa shape index (κ3) is 2.21. The minimum absolute atomic E-state index is 0.216. The van der Waals surface area contributed by atoms with Gasteiger partial charge in [-0.15, -0.1) is 0 Å². The summed E-state index contributed by atoms with van der Waals surface area (Å²) in [5, 5.41) is 21.7. The fourth-order valence-electron chi connectivity index (χ4n) is 7.60. The molecule has 0 aromatic heterocycles. The molecular formula is C22H34O3. The van der Waals surface area contributed by atoms with E-state index >= 15 is 0 Å². The topological polar surface area (TPSA) is 57.5 Å². The molecule has 3 fully saturated rings. The summed E-state index contributed by atoms with van der Waals surface area (Å²) in [6.07, 6.45) is 9.52. The van der Waals surface area contributed by atoms with Crippen molar-refractivity contribution in [1.29, 1.82) is 0 Å². The lowest BCUT2D eigenvalue weighted by Gasteiger charge is -2.63. The summed E-state index contributed by atoms with van der Waals surface area (Å²) in [7, 11) is 0. The van der Waals surface area contributed by atoms with E-state index in [0.717, 1.165) is 32.1 Å². The Morgan fingerprint density at radius 1 is 1.12 bits per heavy atom. The minimum atomic E-state index is -0.653. The Hall–Kier alpha value is -0.670. The molecule has 0 heterocycles. The standard InChI is InChI=1S/C22H34O3/c1-14(13-23)17-6-7-18-19-5-4-15-12-16(24)8-9-21(15,3)22(19,25)11-10-20(17,18)2/h12,14,17-19,23,25H,4-11,13H2,1-3H3/t14?,17?,18?,19?,20-,21+,22?/m1/s1. The molecule has 25 heavy (non-hydrogen) atoms. The second kappa shape index (κ2) is 5.66. The molecule has 0 spiro atoms. The zero-order valence-corrected chi connectivity index (χ0v) is 16.1. The van der Waals surface area contributed by atoms with Crippen LogP contribution >= 0.6 is 0 Å². The van der Waals surface area contributed by atoms with Crippen LogP contribution in [-0.4, -0.2) is 28.2 Å². The van der Waals surface area contributed by atoms with E-state index in [1.807, 2.05) is 6.08 Å². The molecule has 4 rings (SSSR count). The highest BCUT2D eigenvalue weighted by molar-refractivity contribution is 5.91. The average Bonchev–Trinajstić information content (AvgIpc) is 2.93. The van der Waals surface area contributed by atoms with Gasteiger partial charge in [0.25, 0.3) is 0 Å². The molecular weight excluding hydrogens is 312 g/mol. The first-order chi connectivity index (χ1) is 11.8. The summed E-state index contributed by atoms with van der Waals surface area (Å²) in [4.78, 5) is 11.9. The van der Waals surface area contributed by atoms with Crippen molar-refractivity contribution in [2.45, 2.75) is 77.7 Å². The quantitative estimate of drug-likeness (QED) is 0.798. The van der Waals surface area contributed by atoms with Gasteiger partial charge in [0.15, 0.2) is 5.78 Å². The maximum atomic E-state index is 12.0. The number of ketones is 1. The van der Waals surface area contributed by atoms with Gasteiger partial charge < -0.3 is 10.2 Å². The van der Waals surface area contributed by atoms with Crippen molar-refractivity contribution in [2.75, 3.05) is 6.61 Å². The number of carbonyl (C=O) groups is 1. The van der Waals surface area contributed by atoms with Crippen LogP contribution in [0.1, 0.15) is 72.1 Å². The normalized spacial score (nSPS) is 50.5. The molecule has 3 heteroatoms. The summed E-state index contributed by atoms with van der Waals surface area (Å²) in [6, 6.07) is 0. The Bertz CT molecular complexity index is 610. The third-order valence-electron chi connectivity index (χ3n) is 9.20. The van der Waals surface area contributed by atoms with Crippen molar-refractivity contribution in [1.82, 2.24) is 0 Å². The fourth-order valence-corrected chi connectivity index (χ4v) is 7.60. The lowest BCUT2D eigenvalue weighted by molar-refractivity contribution is -0.194. The zero-order valence-electron chi connectivity index (χ0n) is 16.1. The van der Waals surface area contributed by atoms with Crippen LogP contribution in [0.4, 0.5) is 0 Å². The maximum Gasteiger partial charge on any atom is 0.155 e. The molecule has 0 aromatic rings. The average molecular weight is 347 g/mol. The number of rotatable bonds is 2. The van der Waals surface area contributed by atoms with Gasteiger partial charge in [0, 0.05) is 18.4 Å². The Labute approximate surface area is 151 Å². The molecule has 2 N–H and O–H groups in total. The second-order valence-corrected chi connectivity index (χ2v) is 9.99. The highest BCUT2D eigenvalue weighted by Crippen LogP contribution is 2.68. The van der Waals surface area contributed by atoms with Gasteiger partial charge in [-0.25, -0.2) is 0 Å². The molecule has 0 amide bonds. The van der Waals surface area contributed by atoms with Crippen LogP contribution in [-0.2, 0) is 4.79 Å². The summed E-state index contributed by atoms with van der Waals surface area (Å²) in [5.41, 5.74) is 0.594. The van der Waals surface area contributed by atoms with E-state index in [4.69, 9.17) is 0 Å². The lowest BCUT2D eigenvalue weighted by atomic mass is 9.44. The Kier molecular flexibility index (Phi) is 4.01. The van der Waals surface area contributed by atoms with Crippen molar-refractivity contribution in [3.63, 3.8) is 0 Å². The molecule has 5 unspecified atom stereocenters. The van der Waals surface area contributed by atoms with Gasteiger partial charge in [0.1, 0.15) is 0 Å². The Morgan fingerprint density at radius 2 is 1.88 bits per heavy atom. The number of fused-ring (bicyclic) bond motifs is 5. The first-order valence-electron chi connectivity index (χ1n) is 10.3. The molecule has 3 saturated carbocycles. The number of hydrogen-bond donors (Lipinski definition) is 2. The van der Waals surface area contributed by atoms with Crippen LogP contribution in [0.5, 0.6) is 0 Å². The van der Waals surface area contributed by atoms with Crippen LogP contribution < -0.4 is 0 Å². The minimum Gasteiger partial charge on any atom is -0.396 e. The number of aliphatic hydroxyl groups excluding tert-OH is 1. The van der Waals surface area contributed by atoms with E-state index in [1.54, 1.807) is 0 Å². The van der Waals surface area contributed by atoms with Crippen LogP contribution in [0, 0.1) is 34.5 Å². The Balaban J connectivity index is 1.70. The molecule has 0 aliphatic heterocycles. The largest absolute Gasteiger partial charge is 0.396 e. The van der Waals surface area contributed by atoms with Crippen molar-refractivity contribution in [2.24, 2.45) is 34.5 Å². The first-order valence-corrected chi connectivity index (χ1v) is 10.3. The predicted molar refractivity (Wildman–Crippen MR) is 97.9 cm³/mol. The third-order valence-corrected chi connectivity index (χ3v) is 9.20. The number of hydrogen-bond acceptors (Lipinski definition) is 3. The lowest BCUT2D eigenvalue weighted by Crippen LogP contribution is -2.63. The molecule has 0 saturated heterocycles. The zero-order chi connectivity index (χ0) is 18.0. The van der Waals surface area contributed by atoms with Crippen molar-refractivity contribution < 1.29 is 15.0 Å². The summed E-state index contributed by atoms with van der Waals surface area (Å²) in [6.45, 7) is 7.12. The highest BCUT2D eigenvalue weighted by Gasteiger charge is 2.65. The monoisotopic (exact) mass is 346 g/mol. The molecule has 3 nitrogen and oxygen atoms in total. The molecule has 140 valence electrons. The SMILES string of the molecule is CC(CO)C1CCC2C3CCC4=CC(=O)CC[C@]4(C)C3(O)CC[C@]12C. The van der Waals surface area contributed by atoms with Crippen LogP contribution in [0.25, 0.3) is 0 Å². The summed E-state index contributed by atoms with van der Waals surface area (Å²) in [5.74, 6) is 2.07. The van der Waals surface area contributed by atoms with Crippen LogP contribution in [0.15, 0.2) is 11.6 Å². The highest BCUT2D eigenvalue weighted by atomic mass is 16.3. The van der Waals surface area contributed by atoms with E-state index in [9.17, 15) is 15.0 Å².